The van der Waals surface area contributed by atoms with Crippen molar-refractivity contribution in [1.29, 1.82) is 0 Å². The van der Waals surface area contributed by atoms with Gasteiger partial charge >= 0.3 is 0 Å². The number of nitrogens with two attached hydrogens (primary N) is 1. The highest BCUT2D eigenvalue weighted by molar-refractivity contribution is 6.01. The Kier molecular flexibility index (Phi) is 3.28. The molecule has 23 heavy (non-hydrogen) atoms. The van der Waals surface area contributed by atoms with Crippen LogP contribution in [-0.4, -0.2) is 41.5 Å². The second kappa shape index (κ2) is 5.33. The smallest absolute Gasteiger partial charge is 0.254 e. The fraction of sp³-hybridized carbons (Fsp3) is 0.294. The van der Waals surface area contributed by atoms with Crippen molar-refractivity contribution >= 4 is 22.2 Å². The SMILES string of the molecule is NC(=O)c1cn2ccc3cc(CN4CCOCC4)cc(c1=O)c32. The van der Waals surface area contributed by atoms with Gasteiger partial charge in [-0.3, -0.25) is 14.5 Å². The monoisotopic (exact) mass is 311 g/mol. The summed E-state index contributed by atoms with van der Waals surface area (Å²) in [5, 5.41) is 1.55. The molecule has 1 saturated heterocycles. The highest BCUT2D eigenvalue weighted by atomic mass is 16.5. The number of hydrogen-bond donors (Lipinski definition) is 1. The topological polar surface area (TPSA) is 77.0 Å². The third-order valence-corrected chi connectivity index (χ3v) is 4.40. The molecule has 1 aromatic carbocycles. The molecule has 0 atom stereocenters. The minimum atomic E-state index is -0.693. The van der Waals surface area contributed by atoms with Crippen LogP contribution in [0, 0.1) is 0 Å². The summed E-state index contributed by atoms with van der Waals surface area (Å²) in [5.41, 5.74) is 6.97. The molecule has 3 aromatic rings. The molecule has 2 N–H and O–H groups in total. The van der Waals surface area contributed by atoms with Gasteiger partial charge in [-0.15, -0.1) is 0 Å². The Balaban J connectivity index is 1.86. The number of morpholine rings is 1. The van der Waals surface area contributed by atoms with Crippen LogP contribution < -0.4 is 11.2 Å². The van der Waals surface area contributed by atoms with Crippen molar-refractivity contribution in [2.45, 2.75) is 6.54 Å². The average molecular weight is 311 g/mol. The molecule has 1 amide bonds. The first-order chi connectivity index (χ1) is 11.1. The first kappa shape index (κ1) is 14.2. The van der Waals surface area contributed by atoms with Crippen LogP contribution in [0.25, 0.3) is 16.3 Å². The number of hydrogen-bond acceptors (Lipinski definition) is 4. The van der Waals surface area contributed by atoms with Crippen molar-refractivity contribution < 1.29 is 9.53 Å². The summed E-state index contributed by atoms with van der Waals surface area (Å²) >= 11 is 0. The van der Waals surface area contributed by atoms with Gasteiger partial charge in [0.2, 0.25) is 5.43 Å². The molecule has 0 aliphatic carbocycles. The Morgan fingerprint density at radius 2 is 2.04 bits per heavy atom. The summed E-state index contributed by atoms with van der Waals surface area (Å²) in [6.45, 7) is 4.00. The molecular formula is C17H17N3O3. The zero-order valence-electron chi connectivity index (χ0n) is 12.6. The quantitative estimate of drug-likeness (QED) is 0.777. The molecule has 0 spiro atoms. The maximum atomic E-state index is 12.6. The summed E-state index contributed by atoms with van der Waals surface area (Å²) in [6.07, 6.45) is 3.36. The zero-order chi connectivity index (χ0) is 16.0. The minimum Gasteiger partial charge on any atom is -0.379 e. The van der Waals surface area contributed by atoms with Crippen molar-refractivity contribution in [3.8, 4) is 0 Å². The van der Waals surface area contributed by atoms with Gasteiger partial charge in [0.1, 0.15) is 5.56 Å². The van der Waals surface area contributed by atoms with Gasteiger partial charge in [0.15, 0.2) is 0 Å². The summed E-state index contributed by atoms with van der Waals surface area (Å²) in [5.74, 6) is -0.693. The molecule has 118 valence electrons. The van der Waals surface area contributed by atoms with Gasteiger partial charge < -0.3 is 14.9 Å². The number of rotatable bonds is 3. The molecule has 1 fully saturated rings. The van der Waals surface area contributed by atoms with Gasteiger partial charge in [0.05, 0.1) is 18.7 Å². The number of primary amides is 1. The molecule has 1 aliphatic heterocycles. The van der Waals surface area contributed by atoms with Gasteiger partial charge in [-0.05, 0) is 23.8 Å². The van der Waals surface area contributed by atoms with Crippen molar-refractivity contribution in [2.24, 2.45) is 5.73 Å². The number of nitrogens with zero attached hydrogens (tertiary/aromatic N) is 2. The highest BCUT2D eigenvalue weighted by Crippen LogP contribution is 2.23. The number of carbonyl (C=O) groups is 1. The number of aromatic nitrogens is 1. The lowest BCUT2D eigenvalue weighted by Crippen LogP contribution is -2.35. The number of carbonyl (C=O) groups excluding carboxylic acids is 1. The summed E-state index contributed by atoms with van der Waals surface area (Å²) in [6, 6.07) is 5.93. The Morgan fingerprint density at radius 3 is 2.78 bits per heavy atom. The molecule has 0 unspecified atom stereocenters. The Labute approximate surface area is 132 Å². The van der Waals surface area contributed by atoms with E-state index in [1.165, 1.54) is 6.20 Å². The van der Waals surface area contributed by atoms with Crippen molar-refractivity contribution in [2.75, 3.05) is 26.3 Å². The first-order valence-electron chi connectivity index (χ1n) is 7.63. The molecule has 6 nitrogen and oxygen atoms in total. The van der Waals surface area contributed by atoms with E-state index >= 15 is 0 Å². The van der Waals surface area contributed by atoms with Crippen molar-refractivity contribution in [1.82, 2.24) is 9.30 Å². The molecule has 0 bridgehead atoms. The van der Waals surface area contributed by atoms with Crippen molar-refractivity contribution in [3.05, 3.63) is 51.9 Å². The Bertz CT molecular complexity index is 941. The number of pyridine rings is 1. The second-order valence-corrected chi connectivity index (χ2v) is 5.93. The number of ether oxygens (including phenoxy) is 1. The van der Waals surface area contributed by atoms with E-state index in [0.717, 1.165) is 49.3 Å². The summed E-state index contributed by atoms with van der Waals surface area (Å²) in [4.78, 5) is 26.4. The van der Waals surface area contributed by atoms with Crippen LogP contribution in [0.3, 0.4) is 0 Å². The Hall–Kier alpha value is -2.44. The van der Waals surface area contributed by atoms with E-state index in [4.69, 9.17) is 10.5 Å². The van der Waals surface area contributed by atoms with Crippen LogP contribution in [0.4, 0.5) is 0 Å². The summed E-state index contributed by atoms with van der Waals surface area (Å²) in [7, 11) is 0. The lowest BCUT2D eigenvalue weighted by Gasteiger charge is -2.26. The van der Waals surface area contributed by atoms with E-state index in [1.54, 1.807) is 4.40 Å². The summed E-state index contributed by atoms with van der Waals surface area (Å²) < 4.78 is 7.16. The standard InChI is InChI=1S/C17H17N3O3/c18-17(22)14-10-20-2-1-12-7-11(8-13(15(12)20)16(14)21)9-19-3-5-23-6-4-19/h1-2,7-8,10H,3-6,9H2,(H2,18,22). The highest BCUT2D eigenvalue weighted by Gasteiger charge is 2.17. The lowest BCUT2D eigenvalue weighted by molar-refractivity contribution is 0.0342. The molecule has 2 aromatic heterocycles. The van der Waals surface area contributed by atoms with E-state index in [-0.39, 0.29) is 11.0 Å². The van der Waals surface area contributed by atoms with Crippen LogP contribution in [0.5, 0.6) is 0 Å². The van der Waals surface area contributed by atoms with Crippen LogP contribution in [0.15, 0.2) is 35.4 Å². The molecule has 0 saturated carbocycles. The maximum Gasteiger partial charge on any atom is 0.254 e. The second-order valence-electron chi connectivity index (χ2n) is 5.93. The van der Waals surface area contributed by atoms with Crippen LogP contribution in [0.1, 0.15) is 15.9 Å². The van der Waals surface area contributed by atoms with Gasteiger partial charge in [0, 0.05) is 42.8 Å². The average Bonchev–Trinajstić information content (AvgIpc) is 2.95. The molecule has 1 aliphatic rings. The minimum absolute atomic E-state index is 0.0264. The normalized spacial score (nSPS) is 16.3. The molecule has 0 radical (unpaired) electrons. The van der Waals surface area contributed by atoms with Gasteiger partial charge in [-0.1, -0.05) is 0 Å². The van der Waals surface area contributed by atoms with Gasteiger partial charge in [-0.25, -0.2) is 0 Å². The van der Waals surface area contributed by atoms with E-state index in [9.17, 15) is 9.59 Å². The fourth-order valence-electron chi connectivity index (χ4n) is 3.28. The predicted octanol–water partition coefficient (Wildman–Crippen LogP) is 0.822. The number of benzene rings is 1. The van der Waals surface area contributed by atoms with E-state index in [0.29, 0.717) is 5.39 Å². The molecule has 6 heteroatoms. The Morgan fingerprint density at radius 1 is 1.26 bits per heavy atom. The number of amides is 1. The van der Waals surface area contributed by atoms with E-state index in [1.807, 2.05) is 18.3 Å². The maximum absolute atomic E-state index is 12.6. The molecular weight excluding hydrogens is 294 g/mol. The third kappa shape index (κ3) is 2.36. The molecule has 3 heterocycles. The predicted molar refractivity (Wildman–Crippen MR) is 87.0 cm³/mol. The first-order valence-corrected chi connectivity index (χ1v) is 7.63. The van der Waals surface area contributed by atoms with Gasteiger partial charge in [0.25, 0.3) is 5.91 Å². The lowest BCUT2D eigenvalue weighted by atomic mass is 10.1. The van der Waals surface area contributed by atoms with Crippen LogP contribution >= 0.6 is 0 Å². The third-order valence-electron chi connectivity index (χ3n) is 4.40. The zero-order valence-corrected chi connectivity index (χ0v) is 12.6. The van der Waals surface area contributed by atoms with Crippen molar-refractivity contribution in [3.63, 3.8) is 0 Å². The largest absolute Gasteiger partial charge is 0.379 e. The van der Waals surface area contributed by atoms with E-state index < -0.39 is 5.91 Å². The van der Waals surface area contributed by atoms with E-state index in [2.05, 4.69) is 11.0 Å². The van der Waals surface area contributed by atoms with Crippen LogP contribution in [-0.2, 0) is 11.3 Å². The van der Waals surface area contributed by atoms with Crippen LogP contribution in [0.2, 0.25) is 0 Å². The fourth-order valence-corrected chi connectivity index (χ4v) is 3.28. The molecule has 4 rings (SSSR count). The van der Waals surface area contributed by atoms with Gasteiger partial charge in [-0.2, -0.15) is 0 Å².